The molecule has 96 valence electrons. The standard InChI is InChI=1S/C13H28N2O/c1-10(2)12-6-7-15(8-12)13(4,9-14)11(3)16-5/h10-12H,6-9,14H2,1-5H3. The molecule has 1 fully saturated rings. The number of hydrogen-bond acceptors (Lipinski definition) is 3. The van der Waals surface area contributed by atoms with E-state index in [1.54, 1.807) is 7.11 Å². The van der Waals surface area contributed by atoms with Crippen LogP contribution in [-0.4, -0.2) is 43.3 Å². The Bertz CT molecular complexity index is 220. The minimum atomic E-state index is -0.0155. The molecule has 0 saturated carbocycles. The van der Waals surface area contributed by atoms with E-state index >= 15 is 0 Å². The van der Waals surface area contributed by atoms with Crippen molar-refractivity contribution in [2.75, 3.05) is 26.7 Å². The van der Waals surface area contributed by atoms with Crippen LogP contribution in [0, 0.1) is 11.8 Å². The van der Waals surface area contributed by atoms with Gasteiger partial charge in [-0.2, -0.15) is 0 Å². The van der Waals surface area contributed by atoms with E-state index < -0.39 is 0 Å². The fourth-order valence-corrected chi connectivity index (χ4v) is 2.60. The first kappa shape index (κ1) is 13.9. The lowest BCUT2D eigenvalue weighted by Crippen LogP contribution is -2.58. The summed E-state index contributed by atoms with van der Waals surface area (Å²) in [6.45, 7) is 12.0. The largest absolute Gasteiger partial charge is 0.380 e. The summed E-state index contributed by atoms with van der Waals surface area (Å²) in [5.41, 5.74) is 5.95. The monoisotopic (exact) mass is 228 g/mol. The maximum Gasteiger partial charge on any atom is 0.0736 e. The first-order valence-electron chi connectivity index (χ1n) is 6.43. The molecule has 0 aliphatic carbocycles. The Labute approximate surface area is 100 Å². The van der Waals surface area contributed by atoms with Gasteiger partial charge in [0.25, 0.3) is 0 Å². The molecule has 0 aromatic rings. The van der Waals surface area contributed by atoms with Crippen molar-refractivity contribution < 1.29 is 4.74 Å². The molecule has 1 aliphatic rings. The highest BCUT2D eigenvalue weighted by molar-refractivity contribution is 4.96. The van der Waals surface area contributed by atoms with Crippen LogP contribution in [0.2, 0.25) is 0 Å². The molecule has 1 saturated heterocycles. The van der Waals surface area contributed by atoms with Gasteiger partial charge < -0.3 is 10.5 Å². The summed E-state index contributed by atoms with van der Waals surface area (Å²) >= 11 is 0. The van der Waals surface area contributed by atoms with Gasteiger partial charge in [0.2, 0.25) is 0 Å². The molecule has 1 heterocycles. The third-order valence-electron chi connectivity index (χ3n) is 4.53. The Hall–Kier alpha value is -0.120. The molecule has 0 aromatic heterocycles. The average Bonchev–Trinajstić information content (AvgIpc) is 2.76. The first-order valence-corrected chi connectivity index (χ1v) is 6.43. The third kappa shape index (κ3) is 2.58. The SMILES string of the molecule is COC(C)C(C)(CN)N1CCC(C(C)C)C1. The van der Waals surface area contributed by atoms with Crippen LogP contribution in [0.5, 0.6) is 0 Å². The van der Waals surface area contributed by atoms with E-state index in [9.17, 15) is 0 Å². The van der Waals surface area contributed by atoms with Crippen LogP contribution in [0.3, 0.4) is 0 Å². The predicted octanol–water partition coefficient (Wildman–Crippen LogP) is 1.72. The van der Waals surface area contributed by atoms with Gasteiger partial charge in [-0.05, 0) is 38.6 Å². The van der Waals surface area contributed by atoms with Gasteiger partial charge in [0.1, 0.15) is 0 Å². The van der Waals surface area contributed by atoms with Gasteiger partial charge in [0.15, 0.2) is 0 Å². The predicted molar refractivity (Wildman–Crippen MR) is 68.4 cm³/mol. The number of nitrogens with zero attached hydrogens (tertiary/aromatic N) is 1. The minimum absolute atomic E-state index is 0.0155. The molecule has 0 amide bonds. The number of nitrogens with two attached hydrogens (primary N) is 1. The van der Waals surface area contributed by atoms with E-state index in [1.807, 2.05) is 0 Å². The van der Waals surface area contributed by atoms with Gasteiger partial charge in [0.05, 0.1) is 11.6 Å². The van der Waals surface area contributed by atoms with Crippen molar-refractivity contribution in [2.45, 2.75) is 45.8 Å². The molecule has 1 aliphatic heterocycles. The lowest BCUT2D eigenvalue weighted by molar-refractivity contribution is -0.0229. The first-order chi connectivity index (χ1) is 7.45. The Morgan fingerprint density at radius 2 is 2.06 bits per heavy atom. The second-order valence-corrected chi connectivity index (χ2v) is 5.68. The van der Waals surface area contributed by atoms with E-state index in [1.165, 1.54) is 13.0 Å². The van der Waals surface area contributed by atoms with Crippen molar-refractivity contribution >= 4 is 0 Å². The number of ether oxygens (including phenoxy) is 1. The van der Waals surface area contributed by atoms with E-state index in [4.69, 9.17) is 10.5 Å². The summed E-state index contributed by atoms with van der Waals surface area (Å²) in [6.07, 6.45) is 1.48. The molecule has 0 aromatic carbocycles. The fourth-order valence-electron chi connectivity index (χ4n) is 2.60. The Kier molecular flexibility index (Phi) is 4.77. The van der Waals surface area contributed by atoms with E-state index in [0.717, 1.165) is 18.4 Å². The van der Waals surface area contributed by atoms with Crippen molar-refractivity contribution in [3.63, 3.8) is 0 Å². The molecule has 0 spiro atoms. The van der Waals surface area contributed by atoms with Gasteiger partial charge >= 0.3 is 0 Å². The summed E-state index contributed by atoms with van der Waals surface area (Å²) in [5.74, 6) is 1.58. The maximum absolute atomic E-state index is 5.96. The molecule has 3 heteroatoms. The topological polar surface area (TPSA) is 38.5 Å². The molecule has 1 rings (SSSR count). The van der Waals surface area contributed by atoms with E-state index in [0.29, 0.717) is 6.54 Å². The number of methoxy groups -OCH3 is 1. The Balaban J connectivity index is 2.69. The van der Waals surface area contributed by atoms with Crippen LogP contribution < -0.4 is 5.73 Å². The molecule has 2 N–H and O–H groups in total. The summed E-state index contributed by atoms with van der Waals surface area (Å²) in [5, 5.41) is 0. The van der Waals surface area contributed by atoms with Crippen LogP contribution in [-0.2, 0) is 4.74 Å². The van der Waals surface area contributed by atoms with Gasteiger partial charge in [0, 0.05) is 20.2 Å². The summed E-state index contributed by atoms with van der Waals surface area (Å²) in [4.78, 5) is 2.52. The normalized spacial score (nSPS) is 28.3. The molecular formula is C13H28N2O. The third-order valence-corrected chi connectivity index (χ3v) is 4.53. The second-order valence-electron chi connectivity index (χ2n) is 5.68. The van der Waals surface area contributed by atoms with Crippen LogP contribution in [0.25, 0.3) is 0 Å². The lowest BCUT2D eigenvalue weighted by atomic mass is 9.92. The average molecular weight is 228 g/mol. The van der Waals surface area contributed by atoms with E-state index in [2.05, 4.69) is 32.6 Å². The van der Waals surface area contributed by atoms with Crippen LogP contribution >= 0.6 is 0 Å². The van der Waals surface area contributed by atoms with Gasteiger partial charge in [-0.15, -0.1) is 0 Å². The van der Waals surface area contributed by atoms with Gasteiger partial charge in [-0.25, -0.2) is 0 Å². The van der Waals surface area contributed by atoms with Crippen molar-refractivity contribution in [1.82, 2.24) is 4.90 Å². The maximum atomic E-state index is 5.96. The van der Waals surface area contributed by atoms with Gasteiger partial charge in [-0.1, -0.05) is 13.8 Å². The highest BCUT2D eigenvalue weighted by Gasteiger charge is 2.40. The van der Waals surface area contributed by atoms with Crippen molar-refractivity contribution in [3.8, 4) is 0 Å². The van der Waals surface area contributed by atoms with Crippen LogP contribution in [0.15, 0.2) is 0 Å². The second kappa shape index (κ2) is 5.48. The van der Waals surface area contributed by atoms with Crippen molar-refractivity contribution in [3.05, 3.63) is 0 Å². The molecular weight excluding hydrogens is 200 g/mol. The summed E-state index contributed by atoms with van der Waals surface area (Å²) < 4.78 is 5.49. The highest BCUT2D eigenvalue weighted by Crippen LogP contribution is 2.31. The van der Waals surface area contributed by atoms with Gasteiger partial charge in [-0.3, -0.25) is 4.90 Å². The molecule has 16 heavy (non-hydrogen) atoms. The number of rotatable bonds is 5. The van der Waals surface area contributed by atoms with Crippen LogP contribution in [0.1, 0.15) is 34.1 Å². The molecule has 0 radical (unpaired) electrons. The van der Waals surface area contributed by atoms with Crippen molar-refractivity contribution in [1.29, 1.82) is 0 Å². The summed E-state index contributed by atoms with van der Waals surface area (Å²) in [6, 6.07) is 0. The lowest BCUT2D eigenvalue weighted by Gasteiger charge is -2.42. The zero-order chi connectivity index (χ0) is 12.3. The molecule has 3 nitrogen and oxygen atoms in total. The zero-order valence-electron chi connectivity index (χ0n) is 11.5. The number of likely N-dealkylation sites (tertiary alicyclic amines) is 1. The number of hydrogen-bond donors (Lipinski definition) is 1. The zero-order valence-corrected chi connectivity index (χ0v) is 11.5. The fraction of sp³-hybridized carbons (Fsp3) is 1.00. The quantitative estimate of drug-likeness (QED) is 0.778. The Morgan fingerprint density at radius 3 is 2.44 bits per heavy atom. The Morgan fingerprint density at radius 1 is 1.44 bits per heavy atom. The van der Waals surface area contributed by atoms with Crippen molar-refractivity contribution in [2.24, 2.45) is 17.6 Å². The van der Waals surface area contributed by atoms with E-state index in [-0.39, 0.29) is 11.6 Å². The smallest absolute Gasteiger partial charge is 0.0736 e. The minimum Gasteiger partial charge on any atom is -0.380 e. The van der Waals surface area contributed by atoms with Crippen LogP contribution in [0.4, 0.5) is 0 Å². The summed E-state index contributed by atoms with van der Waals surface area (Å²) in [7, 11) is 1.77. The molecule has 0 bridgehead atoms. The molecule has 3 unspecified atom stereocenters. The molecule has 3 atom stereocenters. The highest BCUT2D eigenvalue weighted by atomic mass is 16.5.